The lowest BCUT2D eigenvalue weighted by Gasteiger charge is -2.08. The average Bonchev–Trinajstić information content (AvgIpc) is 3.07. The number of hydrogen-bond donors (Lipinski definition) is 1. The Kier molecular flexibility index (Phi) is 4.50. The number of carbonyl (C=O) groups is 1. The number of rotatable bonds is 5. The van der Waals surface area contributed by atoms with Crippen LogP contribution in [0.5, 0.6) is 0 Å². The summed E-state index contributed by atoms with van der Waals surface area (Å²) in [5.41, 5.74) is 2.99. The Morgan fingerprint density at radius 3 is 2.95 bits per heavy atom. The van der Waals surface area contributed by atoms with Crippen LogP contribution in [-0.2, 0) is 13.0 Å². The lowest BCUT2D eigenvalue weighted by Crippen LogP contribution is -2.27. The summed E-state index contributed by atoms with van der Waals surface area (Å²) in [6.07, 6.45) is 0.771. The van der Waals surface area contributed by atoms with Gasteiger partial charge in [0.25, 0.3) is 5.91 Å². The van der Waals surface area contributed by atoms with Gasteiger partial charge in [-0.25, -0.2) is 0 Å². The van der Waals surface area contributed by atoms with Gasteiger partial charge in [-0.1, -0.05) is 23.7 Å². The molecule has 0 bridgehead atoms. The van der Waals surface area contributed by atoms with Crippen molar-refractivity contribution in [2.45, 2.75) is 19.9 Å². The minimum atomic E-state index is -0.0210. The molecule has 3 nitrogen and oxygen atoms in total. The van der Waals surface area contributed by atoms with Crippen LogP contribution in [0.2, 0.25) is 5.02 Å². The summed E-state index contributed by atoms with van der Waals surface area (Å²) in [6.45, 7) is 3.44. The molecule has 0 spiro atoms. The predicted octanol–water partition coefficient (Wildman–Crippen LogP) is 4.35. The van der Waals surface area contributed by atoms with Gasteiger partial charge >= 0.3 is 0 Å². The van der Waals surface area contributed by atoms with Crippen molar-refractivity contribution in [3.63, 3.8) is 0 Å². The first kappa shape index (κ1) is 15.1. The maximum atomic E-state index is 12.4. The van der Waals surface area contributed by atoms with E-state index in [0.717, 1.165) is 39.5 Å². The van der Waals surface area contributed by atoms with Crippen molar-refractivity contribution in [3.05, 3.63) is 58.1 Å². The molecule has 0 fully saturated rings. The zero-order chi connectivity index (χ0) is 15.5. The van der Waals surface area contributed by atoms with Crippen molar-refractivity contribution in [2.24, 2.45) is 0 Å². The van der Waals surface area contributed by atoms with E-state index in [0.29, 0.717) is 6.54 Å². The molecule has 0 unspecified atom stereocenters. The summed E-state index contributed by atoms with van der Waals surface area (Å²) >= 11 is 7.63. The lowest BCUT2D eigenvalue weighted by atomic mass is 10.1. The van der Waals surface area contributed by atoms with Gasteiger partial charge in [0.15, 0.2) is 0 Å². The largest absolute Gasteiger partial charge is 0.350 e. The van der Waals surface area contributed by atoms with Crippen LogP contribution >= 0.6 is 22.9 Å². The Labute approximate surface area is 138 Å². The Hall–Kier alpha value is -1.78. The Morgan fingerprint density at radius 1 is 1.32 bits per heavy atom. The van der Waals surface area contributed by atoms with Crippen LogP contribution in [0.3, 0.4) is 0 Å². The first-order valence-corrected chi connectivity index (χ1v) is 8.54. The normalized spacial score (nSPS) is 11.0. The van der Waals surface area contributed by atoms with Gasteiger partial charge in [-0.15, -0.1) is 11.3 Å². The van der Waals surface area contributed by atoms with Crippen LogP contribution in [-0.4, -0.2) is 17.0 Å². The van der Waals surface area contributed by atoms with Crippen molar-refractivity contribution in [3.8, 4) is 0 Å². The monoisotopic (exact) mass is 332 g/mol. The molecule has 0 aliphatic carbocycles. The van der Waals surface area contributed by atoms with Crippen LogP contribution in [0, 0.1) is 0 Å². The number of aryl methyl sites for hydroxylation is 1. The molecule has 0 atom stereocenters. The van der Waals surface area contributed by atoms with Crippen LogP contribution in [0.25, 0.3) is 10.2 Å². The second-order valence-electron chi connectivity index (χ2n) is 5.08. The molecule has 2 aromatic heterocycles. The van der Waals surface area contributed by atoms with Gasteiger partial charge in [0.2, 0.25) is 0 Å². The van der Waals surface area contributed by atoms with Crippen molar-refractivity contribution >= 4 is 39.1 Å². The summed E-state index contributed by atoms with van der Waals surface area (Å²) in [4.78, 5) is 12.4. The second kappa shape index (κ2) is 6.55. The van der Waals surface area contributed by atoms with E-state index < -0.39 is 0 Å². The number of amides is 1. The van der Waals surface area contributed by atoms with Gasteiger partial charge in [0.05, 0.1) is 10.2 Å². The van der Waals surface area contributed by atoms with Crippen molar-refractivity contribution < 1.29 is 4.79 Å². The van der Waals surface area contributed by atoms with E-state index in [2.05, 4.69) is 28.3 Å². The van der Waals surface area contributed by atoms with Gasteiger partial charge in [-0.2, -0.15) is 0 Å². The number of hydrogen-bond acceptors (Lipinski definition) is 2. The topological polar surface area (TPSA) is 34.0 Å². The van der Waals surface area contributed by atoms with Gasteiger partial charge < -0.3 is 9.88 Å². The summed E-state index contributed by atoms with van der Waals surface area (Å²) in [7, 11) is 0. The maximum absolute atomic E-state index is 12.4. The number of benzene rings is 1. The molecule has 1 amide bonds. The Morgan fingerprint density at radius 2 is 2.18 bits per heavy atom. The van der Waals surface area contributed by atoms with Crippen LogP contribution in [0.1, 0.15) is 23.0 Å². The first-order chi connectivity index (χ1) is 10.7. The minimum absolute atomic E-state index is 0.0210. The van der Waals surface area contributed by atoms with Gasteiger partial charge in [0, 0.05) is 18.1 Å². The molecule has 22 heavy (non-hydrogen) atoms. The third-order valence-electron chi connectivity index (χ3n) is 3.66. The smallest absolute Gasteiger partial charge is 0.267 e. The molecule has 0 aliphatic rings. The van der Waals surface area contributed by atoms with Gasteiger partial charge in [-0.05, 0) is 48.6 Å². The predicted molar refractivity (Wildman–Crippen MR) is 93.0 cm³/mol. The third kappa shape index (κ3) is 3.03. The van der Waals surface area contributed by atoms with Crippen molar-refractivity contribution in [1.29, 1.82) is 0 Å². The number of thiophene rings is 1. The van der Waals surface area contributed by atoms with E-state index in [9.17, 15) is 4.79 Å². The number of fused-ring (bicyclic) bond motifs is 1. The highest BCUT2D eigenvalue weighted by Gasteiger charge is 2.14. The summed E-state index contributed by atoms with van der Waals surface area (Å²) in [6, 6.07) is 11.8. The molecule has 1 aromatic carbocycles. The molecular weight excluding hydrogens is 316 g/mol. The first-order valence-electron chi connectivity index (χ1n) is 7.28. The Balaban J connectivity index is 1.67. The van der Waals surface area contributed by atoms with E-state index in [1.54, 1.807) is 11.3 Å². The molecule has 0 saturated carbocycles. The molecule has 3 rings (SSSR count). The molecule has 5 heteroatoms. The molecule has 0 radical (unpaired) electrons. The fourth-order valence-corrected chi connectivity index (χ4v) is 3.64. The summed E-state index contributed by atoms with van der Waals surface area (Å²) in [5.74, 6) is -0.0210. The Bertz CT molecular complexity index is 806. The molecule has 0 saturated heterocycles. The molecule has 0 aliphatic heterocycles. The van der Waals surface area contributed by atoms with Crippen molar-refractivity contribution in [2.75, 3.05) is 6.54 Å². The number of nitrogens with one attached hydrogen (secondary N) is 1. The molecule has 2 heterocycles. The highest BCUT2D eigenvalue weighted by Crippen LogP contribution is 2.25. The fraction of sp³-hybridized carbons (Fsp3) is 0.235. The van der Waals surface area contributed by atoms with E-state index in [4.69, 9.17) is 11.6 Å². The van der Waals surface area contributed by atoms with E-state index in [1.165, 1.54) is 0 Å². The molecule has 114 valence electrons. The summed E-state index contributed by atoms with van der Waals surface area (Å²) in [5, 5.41) is 5.77. The van der Waals surface area contributed by atoms with Crippen molar-refractivity contribution in [1.82, 2.24) is 9.88 Å². The van der Waals surface area contributed by atoms with Crippen LogP contribution in [0.4, 0.5) is 0 Å². The summed E-state index contributed by atoms with van der Waals surface area (Å²) < 4.78 is 3.21. The molecule has 3 aromatic rings. The lowest BCUT2D eigenvalue weighted by molar-refractivity contribution is 0.0945. The third-order valence-corrected chi connectivity index (χ3v) is 4.75. The highest BCUT2D eigenvalue weighted by molar-refractivity contribution is 7.17. The number of aromatic nitrogens is 1. The number of nitrogens with zero attached hydrogens (tertiary/aromatic N) is 1. The number of halogens is 1. The van der Waals surface area contributed by atoms with Crippen LogP contribution < -0.4 is 5.32 Å². The van der Waals surface area contributed by atoms with Gasteiger partial charge in [-0.3, -0.25) is 4.79 Å². The minimum Gasteiger partial charge on any atom is -0.350 e. The highest BCUT2D eigenvalue weighted by atomic mass is 35.5. The second-order valence-corrected chi connectivity index (χ2v) is 6.46. The SMILES string of the molecule is CCn1c(C(=O)NCCc2cccc(Cl)c2)cc2sccc21. The van der Waals surface area contributed by atoms with Crippen LogP contribution in [0.15, 0.2) is 41.8 Å². The fourth-order valence-electron chi connectivity index (χ4n) is 2.61. The number of carbonyl (C=O) groups excluding carboxylic acids is 1. The van der Waals surface area contributed by atoms with E-state index in [-0.39, 0.29) is 5.91 Å². The average molecular weight is 333 g/mol. The molecular formula is C17H17ClN2OS. The zero-order valence-corrected chi connectivity index (χ0v) is 13.9. The van der Waals surface area contributed by atoms with E-state index in [1.807, 2.05) is 30.3 Å². The van der Waals surface area contributed by atoms with E-state index >= 15 is 0 Å². The quantitative estimate of drug-likeness (QED) is 0.740. The molecule has 1 N–H and O–H groups in total. The standard InChI is InChI=1S/C17H17ClN2OS/c1-2-20-14-7-9-22-16(14)11-15(20)17(21)19-8-6-12-4-3-5-13(18)10-12/h3-5,7,9-11H,2,6,8H2,1H3,(H,19,21). The zero-order valence-electron chi connectivity index (χ0n) is 12.3. The van der Waals surface area contributed by atoms with Gasteiger partial charge in [0.1, 0.15) is 5.69 Å². The maximum Gasteiger partial charge on any atom is 0.267 e.